The molecule has 0 spiro atoms. The number of rotatable bonds is 4. The van der Waals surface area contributed by atoms with Crippen LogP contribution in [0.15, 0.2) is 16.8 Å². The quantitative estimate of drug-likeness (QED) is 0.783. The van der Waals surface area contributed by atoms with E-state index in [4.69, 9.17) is 0 Å². The van der Waals surface area contributed by atoms with Crippen LogP contribution in [-0.2, 0) is 0 Å². The first-order chi connectivity index (χ1) is 5.34. The molecule has 3 heteroatoms. The predicted molar refractivity (Wildman–Crippen MR) is 52.3 cm³/mol. The fraction of sp³-hybridized carbons (Fsp3) is 0.500. The first kappa shape index (κ1) is 9.10. The monoisotopic (exact) mass is 188 g/mol. The maximum absolute atomic E-state index is 9.53. The SMILES string of the molecule is CSCCC(O)c1ccsc1. The Bertz CT molecular complexity index is 184. The van der Waals surface area contributed by atoms with E-state index >= 15 is 0 Å². The Kier molecular flexibility index (Phi) is 3.97. The molecule has 0 saturated carbocycles. The van der Waals surface area contributed by atoms with E-state index in [1.165, 1.54) is 0 Å². The van der Waals surface area contributed by atoms with Crippen molar-refractivity contribution in [2.45, 2.75) is 12.5 Å². The summed E-state index contributed by atoms with van der Waals surface area (Å²) in [6.45, 7) is 0. The van der Waals surface area contributed by atoms with Crippen LogP contribution in [0.5, 0.6) is 0 Å². The van der Waals surface area contributed by atoms with E-state index in [-0.39, 0.29) is 6.10 Å². The minimum Gasteiger partial charge on any atom is -0.388 e. The standard InChI is InChI=1S/C8H12OS2/c1-10-4-3-8(9)7-2-5-11-6-7/h2,5-6,8-9H,3-4H2,1H3. The molecule has 11 heavy (non-hydrogen) atoms. The van der Waals surface area contributed by atoms with Gasteiger partial charge in [0.1, 0.15) is 0 Å². The van der Waals surface area contributed by atoms with Crippen LogP contribution in [0.2, 0.25) is 0 Å². The van der Waals surface area contributed by atoms with E-state index in [1.807, 2.05) is 16.8 Å². The van der Waals surface area contributed by atoms with Crippen molar-refractivity contribution >= 4 is 23.1 Å². The number of thioether (sulfide) groups is 1. The van der Waals surface area contributed by atoms with Gasteiger partial charge in [-0.1, -0.05) is 0 Å². The van der Waals surface area contributed by atoms with Crippen LogP contribution < -0.4 is 0 Å². The van der Waals surface area contributed by atoms with Crippen molar-refractivity contribution in [1.82, 2.24) is 0 Å². The molecule has 1 unspecified atom stereocenters. The topological polar surface area (TPSA) is 20.2 Å². The summed E-state index contributed by atoms with van der Waals surface area (Å²) in [5.41, 5.74) is 1.06. The maximum Gasteiger partial charge on any atom is 0.0805 e. The normalized spacial score (nSPS) is 13.3. The van der Waals surface area contributed by atoms with Crippen LogP contribution in [0, 0.1) is 0 Å². The Morgan fingerprint density at radius 3 is 3.09 bits per heavy atom. The van der Waals surface area contributed by atoms with Gasteiger partial charge in [0, 0.05) is 0 Å². The van der Waals surface area contributed by atoms with Crippen molar-refractivity contribution in [3.63, 3.8) is 0 Å². The highest BCUT2D eigenvalue weighted by atomic mass is 32.2. The molecule has 0 aromatic carbocycles. The average molecular weight is 188 g/mol. The Balaban J connectivity index is 2.36. The predicted octanol–water partition coefficient (Wildman–Crippen LogP) is 2.53. The zero-order valence-electron chi connectivity index (χ0n) is 6.49. The van der Waals surface area contributed by atoms with Crippen molar-refractivity contribution in [3.8, 4) is 0 Å². The number of aliphatic hydroxyl groups is 1. The van der Waals surface area contributed by atoms with Gasteiger partial charge in [0.25, 0.3) is 0 Å². The van der Waals surface area contributed by atoms with E-state index < -0.39 is 0 Å². The van der Waals surface area contributed by atoms with Crippen LogP contribution >= 0.6 is 23.1 Å². The molecule has 1 aromatic rings. The van der Waals surface area contributed by atoms with E-state index in [1.54, 1.807) is 23.1 Å². The van der Waals surface area contributed by atoms with Gasteiger partial charge < -0.3 is 5.11 Å². The lowest BCUT2D eigenvalue weighted by molar-refractivity contribution is 0.175. The first-order valence-electron chi connectivity index (χ1n) is 3.53. The van der Waals surface area contributed by atoms with Crippen molar-refractivity contribution in [1.29, 1.82) is 0 Å². The van der Waals surface area contributed by atoms with Crippen molar-refractivity contribution in [2.75, 3.05) is 12.0 Å². The molecule has 1 aromatic heterocycles. The second-order valence-corrected chi connectivity index (χ2v) is 4.12. The Labute approximate surface area is 75.4 Å². The molecule has 0 aliphatic rings. The van der Waals surface area contributed by atoms with E-state index in [0.29, 0.717) is 0 Å². The van der Waals surface area contributed by atoms with Gasteiger partial charge in [0.2, 0.25) is 0 Å². The molecule has 62 valence electrons. The second kappa shape index (κ2) is 4.80. The first-order valence-corrected chi connectivity index (χ1v) is 5.87. The summed E-state index contributed by atoms with van der Waals surface area (Å²) in [5.74, 6) is 1.02. The Hall–Kier alpha value is 0.01000. The molecule has 0 aliphatic heterocycles. The minimum atomic E-state index is -0.256. The molecule has 1 heterocycles. The Morgan fingerprint density at radius 2 is 2.55 bits per heavy atom. The molecule has 1 rings (SSSR count). The van der Waals surface area contributed by atoms with E-state index in [0.717, 1.165) is 17.7 Å². The average Bonchev–Trinajstić information content (AvgIpc) is 2.52. The largest absolute Gasteiger partial charge is 0.388 e. The highest BCUT2D eigenvalue weighted by molar-refractivity contribution is 7.98. The zero-order valence-corrected chi connectivity index (χ0v) is 8.12. The van der Waals surface area contributed by atoms with E-state index in [9.17, 15) is 5.11 Å². The van der Waals surface area contributed by atoms with Crippen molar-refractivity contribution in [2.24, 2.45) is 0 Å². The lowest BCUT2D eigenvalue weighted by atomic mass is 10.1. The van der Waals surface area contributed by atoms with Crippen molar-refractivity contribution in [3.05, 3.63) is 22.4 Å². The third kappa shape index (κ3) is 2.85. The minimum absolute atomic E-state index is 0.256. The van der Waals surface area contributed by atoms with Crippen molar-refractivity contribution < 1.29 is 5.11 Å². The van der Waals surface area contributed by atoms with Gasteiger partial charge in [-0.25, -0.2) is 0 Å². The van der Waals surface area contributed by atoms with Crippen LogP contribution in [0.1, 0.15) is 18.1 Å². The molecule has 0 radical (unpaired) electrons. The third-order valence-corrected chi connectivity index (χ3v) is 2.87. The van der Waals surface area contributed by atoms with Crippen LogP contribution in [-0.4, -0.2) is 17.1 Å². The van der Waals surface area contributed by atoms with E-state index in [2.05, 4.69) is 6.26 Å². The molecule has 0 amide bonds. The summed E-state index contributed by atoms with van der Waals surface area (Å²) >= 11 is 3.41. The fourth-order valence-electron chi connectivity index (χ4n) is 0.861. The highest BCUT2D eigenvalue weighted by Crippen LogP contribution is 2.20. The maximum atomic E-state index is 9.53. The fourth-order valence-corrected chi connectivity index (χ4v) is 2.03. The zero-order chi connectivity index (χ0) is 8.10. The molecular weight excluding hydrogens is 176 g/mol. The van der Waals surface area contributed by atoms with Gasteiger partial charge in [-0.15, -0.1) is 0 Å². The number of hydrogen-bond donors (Lipinski definition) is 1. The molecule has 0 bridgehead atoms. The van der Waals surface area contributed by atoms with Crippen LogP contribution in [0.25, 0.3) is 0 Å². The molecular formula is C8H12OS2. The molecule has 1 nitrogen and oxygen atoms in total. The lowest BCUT2D eigenvalue weighted by Gasteiger charge is -2.06. The highest BCUT2D eigenvalue weighted by Gasteiger charge is 2.05. The molecule has 1 N–H and O–H groups in total. The lowest BCUT2D eigenvalue weighted by Crippen LogP contribution is -1.96. The van der Waals surface area contributed by atoms with Gasteiger partial charge >= 0.3 is 0 Å². The number of thiophene rings is 1. The summed E-state index contributed by atoms with van der Waals surface area (Å²) in [6.07, 6.45) is 2.66. The third-order valence-electron chi connectivity index (χ3n) is 1.52. The summed E-state index contributed by atoms with van der Waals surface area (Å²) in [6, 6.07) is 1.98. The van der Waals surface area contributed by atoms with Gasteiger partial charge in [0.05, 0.1) is 6.10 Å². The summed E-state index contributed by atoms with van der Waals surface area (Å²) in [5, 5.41) is 13.5. The smallest absolute Gasteiger partial charge is 0.0805 e. The number of hydrogen-bond acceptors (Lipinski definition) is 3. The molecule has 0 saturated heterocycles. The van der Waals surface area contributed by atoms with Crippen LogP contribution in [0.3, 0.4) is 0 Å². The van der Waals surface area contributed by atoms with Gasteiger partial charge in [-0.05, 0) is 40.8 Å². The van der Waals surface area contributed by atoms with Gasteiger partial charge in [-0.2, -0.15) is 23.1 Å². The Morgan fingerprint density at radius 1 is 1.73 bits per heavy atom. The van der Waals surface area contributed by atoms with Gasteiger partial charge in [-0.3, -0.25) is 0 Å². The van der Waals surface area contributed by atoms with Crippen LogP contribution in [0.4, 0.5) is 0 Å². The van der Waals surface area contributed by atoms with Gasteiger partial charge in [0.15, 0.2) is 0 Å². The number of aliphatic hydroxyl groups excluding tert-OH is 1. The second-order valence-electron chi connectivity index (χ2n) is 2.35. The summed E-state index contributed by atoms with van der Waals surface area (Å²) < 4.78 is 0. The molecule has 1 atom stereocenters. The molecule has 0 fully saturated rings. The summed E-state index contributed by atoms with van der Waals surface area (Å²) in [4.78, 5) is 0. The summed E-state index contributed by atoms with van der Waals surface area (Å²) in [7, 11) is 0. The molecule has 0 aliphatic carbocycles.